The highest BCUT2D eigenvalue weighted by Crippen LogP contribution is 2.41. The van der Waals surface area contributed by atoms with Crippen LogP contribution < -0.4 is 10.6 Å². The average Bonchev–Trinajstić information content (AvgIpc) is 2.85. The van der Waals surface area contributed by atoms with Gasteiger partial charge in [0.1, 0.15) is 23.5 Å². The van der Waals surface area contributed by atoms with Gasteiger partial charge in [0.25, 0.3) is 0 Å². The van der Waals surface area contributed by atoms with E-state index in [-0.39, 0.29) is 35.3 Å². The van der Waals surface area contributed by atoms with E-state index in [1.165, 1.54) is 18.2 Å². The molecule has 0 amide bonds. The van der Waals surface area contributed by atoms with Gasteiger partial charge in [0.05, 0.1) is 22.9 Å². The number of aromatic hydroxyl groups is 1. The number of aliphatic hydroxyl groups excluding tert-OH is 1. The van der Waals surface area contributed by atoms with Crippen LogP contribution >= 0.6 is 0 Å². The van der Waals surface area contributed by atoms with Crippen LogP contribution in [0.2, 0.25) is 0 Å². The molecule has 3 aromatic carbocycles. The molecule has 0 radical (unpaired) electrons. The second-order valence-electron chi connectivity index (χ2n) is 9.20. The molecule has 36 heavy (non-hydrogen) atoms. The van der Waals surface area contributed by atoms with Crippen molar-refractivity contribution in [2.45, 2.75) is 25.5 Å². The Labute approximate surface area is 206 Å². The van der Waals surface area contributed by atoms with E-state index in [0.29, 0.717) is 40.6 Å². The Balaban J connectivity index is 1.78. The lowest BCUT2D eigenvalue weighted by Crippen LogP contribution is -2.50. The Bertz CT molecular complexity index is 1510. The topological polar surface area (TPSA) is 106 Å². The van der Waals surface area contributed by atoms with Crippen molar-refractivity contribution >= 4 is 16.6 Å². The molecule has 1 aliphatic heterocycles. The van der Waals surface area contributed by atoms with Gasteiger partial charge in [-0.25, -0.2) is 8.78 Å². The van der Waals surface area contributed by atoms with Crippen LogP contribution in [0.3, 0.4) is 0 Å². The van der Waals surface area contributed by atoms with Crippen LogP contribution in [0.15, 0.2) is 54.7 Å². The van der Waals surface area contributed by atoms with Gasteiger partial charge in [0, 0.05) is 41.8 Å². The van der Waals surface area contributed by atoms with Gasteiger partial charge in [-0.15, -0.1) is 0 Å². The predicted molar refractivity (Wildman–Crippen MR) is 134 cm³/mol. The maximum atomic E-state index is 14.4. The third kappa shape index (κ3) is 4.24. The molecule has 1 saturated heterocycles. The number of fused-ring (bicyclic) bond motifs is 1. The molecule has 0 aliphatic carbocycles. The van der Waals surface area contributed by atoms with Crippen LogP contribution in [0.1, 0.15) is 17.5 Å². The third-order valence-electron chi connectivity index (χ3n) is 6.65. The number of hydrogen-bond donors (Lipinski definition) is 3. The summed E-state index contributed by atoms with van der Waals surface area (Å²) in [7, 11) is 0. The number of nitrogens with zero attached hydrogens (tertiary/aromatic N) is 3. The first-order valence-corrected chi connectivity index (χ1v) is 11.6. The molecule has 6 nitrogen and oxygen atoms in total. The molecule has 4 aromatic rings. The highest BCUT2D eigenvalue weighted by molar-refractivity contribution is 6.02. The second kappa shape index (κ2) is 9.19. The first kappa shape index (κ1) is 23.7. The van der Waals surface area contributed by atoms with Crippen molar-refractivity contribution < 1.29 is 19.0 Å². The van der Waals surface area contributed by atoms with E-state index in [1.807, 2.05) is 24.0 Å². The Hall–Kier alpha value is -4.06. The zero-order chi connectivity index (χ0) is 25.6. The second-order valence-corrected chi connectivity index (χ2v) is 9.20. The van der Waals surface area contributed by atoms with Gasteiger partial charge in [-0.3, -0.25) is 4.98 Å². The fraction of sp³-hybridized carbons (Fsp3) is 0.214. The Kier molecular flexibility index (Phi) is 6.04. The summed E-state index contributed by atoms with van der Waals surface area (Å²) in [6.45, 7) is 2.64. The number of piperidine rings is 1. The molecule has 2 atom stereocenters. The highest BCUT2D eigenvalue weighted by Gasteiger charge is 2.28. The predicted octanol–water partition coefficient (Wildman–Crippen LogP) is 4.63. The number of nitriles is 1. The summed E-state index contributed by atoms with van der Waals surface area (Å²) in [4.78, 5) is 6.59. The van der Waals surface area contributed by atoms with Gasteiger partial charge >= 0.3 is 0 Å². The molecule has 0 saturated carbocycles. The summed E-state index contributed by atoms with van der Waals surface area (Å²) in [5, 5.41) is 31.1. The summed E-state index contributed by atoms with van der Waals surface area (Å²) in [5.41, 5.74) is 9.96. The quantitative estimate of drug-likeness (QED) is 0.390. The van der Waals surface area contributed by atoms with Crippen molar-refractivity contribution in [1.29, 1.82) is 5.26 Å². The third-order valence-corrected chi connectivity index (χ3v) is 6.65. The minimum absolute atomic E-state index is 0.166. The number of aliphatic hydroxyl groups is 1. The van der Waals surface area contributed by atoms with Crippen molar-refractivity contribution in [3.05, 3.63) is 77.5 Å². The maximum Gasteiger partial charge on any atom is 0.141 e. The number of benzene rings is 3. The van der Waals surface area contributed by atoms with Gasteiger partial charge in [-0.05, 0) is 66.4 Å². The van der Waals surface area contributed by atoms with Crippen LogP contribution in [-0.4, -0.2) is 40.4 Å². The van der Waals surface area contributed by atoms with Crippen LogP contribution in [0.5, 0.6) is 5.75 Å². The zero-order valence-corrected chi connectivity index (χ0v) is 19.5. The summed E-state index contributed by atoms with van der Waals surface area (Å²) >= 11 is 0. The van der Waals surface area contributed by atoms with E-state index in [4.69, 9.17) is 5.73 Å². The molecule has 182 valence electrons. The first-order valence-electron chi connectivity index (χ1n) is 11.6. The summed E-state index contributed by atoms with van der Waals surface area (Å²) in [5.74, 6) is -1.34. The lowest BCUT2D eigenvalue weighted by Gasteiger charge is -2.37. The number of halogens is 2. The minimum Gasteiger partial charge on any atom is -0.506 e. The molecule has 4 N–H and O–H groups in total. The van der Waals surface area contributed by atoms with E-state index in [0.717, 1.165) is 17.3 Å². The highest BCUT2D eigenvalue weighted by atomic mass is 19.1. The molecule has 2 unspecified atom stereocenters. The largest absolute Gasteiger partial charge is 0.506 e. The number of rotatable bonds is 3. The summed E-state index contributed by atoms with van der Waals surface area (Å²) in [6.07, 6.45) is 1.49. The number of β-amino-alcohol motifs (C(OH)–C–C–N with tert-alkyl or cyclic N) is 1. The standard InChI is InChI=1S/C28H24F2N4O2/c1-15-6-17(8-19(29)7-15)23-13-33-25-3-2-16(21-11-20(30)9-18(12-31)28(21)36)10-22(25)27(23)34-5-4-24(32)26(35)14-34/h2-3,6-11,13,24,26,35-36H,4-5,14,32H2,1H3. The van der Waals surface area contributed by atoms with E-state index >= 15 is 0 Å². The zero-order valence-electron chi connectivity index (χ0n) is 19.5. The lowest BCUT2D eigenvalue weighted by molar-refractivity contribution is 0.132. The SMILES string of the molecule is Cc1cc(F)cc(-c2cnc3ccc(-c4cc(F)cc(C#N)c4O)cc3c2N2CCC(N)C(O)C2)c1. The fourth-order valence-corrected chi connectivity index (χ4v) is 4.85. The van der Waals surface area contributed by atoms with Gasteiger partial charge in [-0.2, -0.15) is 5.26 Å². The van der Waals surface area contributed by atoms with Crippen molar-refractivity contribution in [3.63, 3.8) is 0 Å². The maximum absolute atomic E-state index is 14.4. The van der Waals surface area contributed by atoms with E-state index in [2.05, 4.69) is 4.98 Å². The smallest absolute Gasteiger partial charge is 0.141 e. The van der Waals surface area contributed by atoms with Crippen LogP contribution in [-0.2, 0) is 0 Å². The number of phenolic OH excluding ortho intramolecular Hbond substituents is 1. The molecule has 1 fully saturated rings. The number of aromatic nitrogens is 1. The number of anilines is 1. The fourth-order valence-electron chi connectivity index (χ4n) is 4.85. The lowest BCUT2D eigenvalue weighted by atomic mass is 9.94. The monoisotopic (exact) mass is 486 g/mol. The molecule has 0 bridgehead atoms. The minimum atomic E-state index is -0.752. The molecule has 1 aliphatic rings. The molecule has 5 rings (SSSR count). The van der Waals surface area contributed by atoms with Gasteiger partial charge < -0.3 is 20.8 Å². The van der Waals surface area contributed by atoms with Crippen molar-refractivity contribution in [3.8, 4) is 34.1 Å². The molecule has 0 spiro atoms. The van der Waals surface area contributed by atoms with Crippen molar-refractivity contribution in [2.24, 2.45) is 5.73 Å². The Morgan fingerprint density at radius 3 is 2.56 bits per heavy atom. The van der Waals surface area contributed by atoms with Gasteiger partial charge in [0.2, 0.25) is 0 Å². The molecule has 1 aromatic heterocycles. The number of aryl methyl sites for hydroxylation is 1. The number of pyridine rings is 1. The Morgan fingerprint density at radius 2 is 1.83 bits per heavy atom. The van der Waals surface area contributed by atoms with Crippen LogP contribution in [0.25, 0.3) is 33.2 Å². The molecule has 8 heteroatoms. The Morgan fingerprint density at radius 1 is 1.06 bits per heavy atom. The van der Waals surface area contributed by atoms with E-state index in [1.54, 1.807) is 24.4 Å². The van der Waals surface area contributed by atoms with Crippen molar-refractivity contribution in [1.82, 2.24) is 4.98 Å². The van der Waals surface area contributed by atoms with Crippen LogP contribution in [0, 0.1) is 29.9 Å². The number of nitrogens with two attached hydrogens (primary N) is 1. The number of hydrogen-bond acceptors (Lipinski definition) is 6. The average molecular weight is 487 g/mol. The van der Waals surface area contributed by atoms with E-state index < -0.39 is 11.9 Å². The number of phenols is 1. The van der Waals surface area contributed by atoms with Gasteiger partial charge in [-0.1, -0.05) is 12.1 Å². The molecular weight excluding hydrogens is 462 g/mol. The molecule has 2 heterocycles. The van der Waals surface area contributed by atoms with Gasteiger partial charge in [0.15, 0.2) is 0 Å². The summed E-state index contributed by atoms with van der Waals surface area (Å²) in [6, 6.07) is 13.6. The van der Waals surface area contributed by atoms with Crippen molar-refractivity contribution in [2.75, 3.05) is 18.0 Å². The van der Waals surface area contributed by atoms with Crippen LogP contribution in [0.4, 0.5) is 14.5 Å². The molecular formula is C28H24F2N4O2. The summed E-state index contributed by atoms with van der Waals surface area (Å²) < 4.78 is 28.6. The van der Waals surface area contributed by atoms with E-state index in [9.17, 15) is 24.3 Å². The first-order chi connectivity index (χ1) is 17.2. The normalized spacial score (nSPS) is 17.8.